The predicted octanol–water partition coefficient (Wildman–Crippen LogP) is 2.74. The first-order valence-electron chi connectivity index (χ1n) is 10.8. The van der Waals surface area contributed by atoms with Crippen LogP contribution in [0.4, 0.5) is 11.4 Å². The Morgan fingerprint density at radius 3 is 2.47 bits per heavy atom. The number of nitrogens with one attached hydrogen (secondary N) is 1. The molecule has 1 aliphatic heterocycles. The van der Waals surface area contributed by atoms with Crippen LogP contribution >= 0.6 is 11.8 Å². The highest BCUT2D eigenvalue weighted by molar-refractivity contribution is 8.00. The quantitative estimate of drug-likeness (QED) is 0.523. The van der Waals surface area contributed by atoms with Crippen LogP contribution in [0.15, 0.2) is 48.5 Å². The molecule has 1 saturated heterocycles. The van der Waals surface area contributed by atoms with Crippen molar-refractivity contribution in [3.63, 3.8) is 0 Å². The zero-order valence-electron chi connectivity index (χ0n) is 19.2. The molecule has 0 spiro atoms. The van der Waals surface area contributed by atoms with Crippen molar-refractivity contribution < 1.29 is 27.5 Å². The van der Waals surface area contributed by atoms with Crippen LogP contribution in [0.3, 0.4) is 0 Å². The summed E-state index contributed by atoms with van der Waals surface area (Å²) < 4.78 is 29.0. The number of thioether (sulfide) groups is 1. The van der Waals surface area contributed by atoms with Gasteiger partial charge in [-0.15, -0.1) is 11.8 Å². The van der Waals surface area contributed by atoms with Gasteiger partial charge in [0.2, 0.25) is 5.91 Å². The zero-order valence-corrected chi connectivity index (χ0v) is 20.8. The fraction of sp³-hybridized carbons (Fsp3) is 0.375. The van der Waals surface area contributed by atoms with Gasteiger partial charge in [0.1, 0.15) is 0 Å². The number of amides is 2. The number of anilines is 2. The third-order valence-corrected chi connectivity index (χ3v) is 8.00. The molecule has 0 aliphatic carbocycles. The van der Waals surface area contributed by atoms with Crippen LogP contribution in [0.25, 0.3) is 0 Å². The van der Waals surface area contributed by atoms with Crippen LogP contribution < -0.4 is 10.2 Å². The minimum Gasteiger partial charge on any atom is -0.455 e. The van der Waals surface area contributed by atoms with Gasteiger partial charge in [0, 0.05) is 11.4 Å². The Morgan fingerprint density at radius 2 is 1.82 bits per heavy atom. The highest BCUT2D eigenvalue weighted by Gasteiger charge is 2.35. The van der Waals surface area contributed by atoms with Crippen LogP contribution in [0.2, 0.25) is 0 Å². The Kier molecular flexibility index (Phi) is 8.73. The number of esters is 1. The van der Waals surface area contributed by atoms with E-state index in [2.05, 4.69) is 5.32 Å². The summed E-state index contributed by atoms with van der Waals surface area (Å²) in [6.45, 7) is 3.38. The summed E-state index contributed by atoms with van der Waals surface area (Å²) in [6.07, 6.45) is 0.336. The number of hydrogen-bond acceptors (Lipinski definition) is 7. The largest absolute Gasteiger partial charge is 0.455 e. The minimum atomic E-state index is -3.20. The van der Waals surface area contributed by atoms with Crippen molar-refractivity contribution in [2.75, 3.05) is 39.8 Å². The zero-order chi connectivity index (χ0) is 24.7. The number of para-hydroxylation sites is 1. The van der Waals surface area contributed by atoms with Crippen molar-refractivity contribution in [2.24, 2.45) is 0 Å². The molecule has 0 bridgehead atoms. The molecule has 34 heavy (non-hydrogen) atoms. The average Bonchev–Trinajstić information content (AvgIpc) is 3.14. The highest BCUT2D eigenvalue weighted by Crippen LogP contribution is 2.24. The molecule has 182 valence electrons. The number of carbonyl (C=O) groups is 3. The van der Waals surface area contributed by atoms with E-state index in [4.69, 9.17) is 4.74 Å². The maximum absolute atomic E-state index is 12.9. The van der Waals surface area contributed by atoms with E-state index < -0.39 is 34.4 Å². The number of nitrogens with zero attached hydrogens (tertiary/aromatic N) is 1. The molecule has 1 aliphatic rings. The number of carbonyl (C=O) groups excluding carboxylic acids is 3. The number of rotatable bonds is 9. The molecule has 8 nitrogen and oxygen atoms in total. The van der Waals surface area contributed by atoms with Gasteiger partial charge < -0.3 is 15.0 Å². The molecule has 1 heterocycles. The minimum absolute atomic E-state index is 0.0227. The average molecular weight is 505 g/mol. The van der Waals surface area contributed by atoms with Crippen LogP contribution in [0.5, 0.6) is 0 Å². The number of sulfone groups is 1. The first-order valence-corrected chi connectivity index (χ1v) is 13.8. The summed E-state index contributed by atoms with van der Waals surface area (Å²) in [6, 6.07) is 14.0. The molecule has 2 aromatic carbocycles. The van der Waals surface area contributed by atoms with Gasteiger partial charge in [0.25, 0.3) is 5.91 Å². The first-order chi connectivity index (χ1) is 16.1. The van der Waals surface area contributed by atoms with E-state index in [1.54, 1.807) is 30.3 Å². The summed E-state index contributed by atoms with van der Waals surface area (Å²) in [4.78, 5) is 38.5. The van der Waals surface area contributed by atoms with E-state index in [9.17, 15) is 22.8 Å². The third kappa shape index (κ3) is 7.33. The molecule has 2 amide bonds. The number of benzene rings is 2. The summed E-state index contributed by atoms with van der Waals surface area (Å²) in [5, 5.41) is 2.81. The van der Waals surface area contributed by atoms with E-state index >= 15 is 0 Å². The van der Waals surface area contributed by atoms with Crippen LogP contribution in [-0.2, 0) is 29.0 Å². The second kappa shape index (κ2) is 11.5. The molecule has 0 saturated carbocycles. The number of ether oxygens (including phenoxy) is 1. The molecule has 0 unspecified atom stereocenters. The van der Waals surface area contributed by atoms with Gasteiger partial charge in [-0.1, -0.05) is 35.9 Å². The van der Waals surface area contributed by atoms with E-state index in [-0.39, 0.29) is 28.9 Å². The normalized spacial score (nSPS) is 16.6. The Hall–Kier alpha value is -2.85. The first kappa shape index (κ1) is 25.8. The fourth-order valence-electron chi connectivity index (χ4n) is 3.75. The van der Waals surface area contributed by atoms with Crippen molar-refractivity contribution >= 4 is 50.8 Å². The summed E-state index contributed by atoms with van der Waals surface area (Å²) in [7, 11) is -3.20. The van der Waals surface area contributed by atoms with E-state index in [1.807, 2.05) is 32.0 Å². The molecule has 1 atom stereocenters. The second-order valence-corrected chi connectivity index (χ2v) is 11.4. The molecule has 0 radical (unpaired) electrons. The molecular weight excluding hydrogens is 476 g/mol. The van der Waals surface area contributed by atoms with Gasteiger partial charge in [-0.05, 0) is 44.0 Å². The lowest BCUT2D eigenvalue weighted by Crippen LogP contribution is -2.43. The van der Waals surface area contributed by atoms with Gasteiger partial charge in [0.15, 0.2) is 16.4 Å². The standard InChI is InChI=1S/C24H28N2O6S2/c1-17-8-9-21(18(2)12-17)25-22(27)14-33-15-24(29)32-13-23(28)26(19-6-4-3-5-7-19)20-10-11-34(30,31)16-20/h3-9,12,20H,10-11,13-16H2,1-2H3,(H,25,27)/t20-/m1/s1. The number of aryl methyl sites for hydroxylation is 2. The van der Waals surface area contributed by atoms with Crippen molar-refractivity contribution in [1.82, 2.24) is 0 Å². The van der Waals surface area contributed by atoms with Crippen molar-refractivity contribution in [1.29, 1.82) is 0 Å². The topological polar surface area (TPSA) is 110 Å². The molecule has 3 rings (SSSR count). The maximum atomic E-state index is 12.9. The van der Waals surface area contributed by atoms with Crippen LogP contribution in [0.1, 0.15) is 17.5 Å². The highest BCUT2D eigenvalue weighted by atomic mass is 32.2. The van der Waals surface area contributed by atoms with Gasteiger partial charge in [0.05, 0.1) is 29.1 Å². The smallest absolute Gasteiger partial charge is 0.316 e. The van der Waals surface area contributed by atoms with Gasteiger partial charge in [-0.25, -0.2) is 8.42 Å². The van der Waals surface area contributed by atoms with Crippen molar-refractivity contribution in [3.05, 3.63) is 59.7 Å². The van der Waals surface area contributed by atoms with E-state index in [0.29, 0.717) is 12.1 Å². The Morgan fingerprint density at radius 1 is 1.09 bits per heavy atom. The monoisotopic (exact) mass is 504 g/mol. The fourth-order valence-corrected chi connectivity index (χ4v) is 6.06. The SMILES string of the molecule is Cc1ccc(NC(=O)CSCC(=O)OCC(=O)N(c2ccccc2)[C@@H]2CCS(=O)(=O)C2)c(C)c1. The summed E-state index contributed by atoms with van der Waals surface area (Å²) >= 11 is 1.09. The second-order valence-electron chi connectivity index (χ2n) is 8.18. The van der Waals surface area contributed by atoms with Gasteiger partial charge in [-0.3, -0.25) is 14.4 Å². The molecule has 0 aromatic heterocycles. The van der Waals surface area contributed by atoms with Crippen molar-refractivity contribution in [3.8, 4) is 0 Å². The molecule has 10 heteroatoms. The number of hydrogen-bond donors (Lipinski definition) is 1. The summed E-state index contributed by atoms with van der Waals surface area (Å²) in [5.74, 6) is -1.46. The lowest BCUT2D eigenvalue weighted by atomic mass is 10.1. The van der Waals surface area contributed by atoms with Gasteiger partial charge in [-0.2, -0.15) is 0 Å². The Bertz CT molecular complexity index is 1150. The lowest BCUT2D eigenvalue weighted by Gasteiger charge is -2.28. The predicted molar refractivity (Wildman–Crippen MR) is 134 cm³/mol. The molecule has 1 N–H and O–H groups in total. The van der Waals surface area contributed by atoms with Gasteiger partial charge >= 0.3 is 5.97 Å². The van der Waals surface area contributed by atoms with E-state index in [1.165, 1.54) is 4.90 Å². The maximum Gasteiger partial charge on any atom is 0.316 e. The van der Waals surface area contributed by atoms with Crippen LogP contribution in [-0.4, -0.2) is 61.9 Å². The Balaban J connectivity index is 1.48. The van der Waals surface area contributed by atoms with Crippen LogP contribution in [0, 0.1) is 13.8 Å². The van der Waals surface area contributed by atoms with Crippen molar-refractivity contribution in [2.45, 2.75) is 26.3 Å². The Labute approximate surface area is 204 Å². The van der Waals surface area contributed by atoms with E-state index in [0.717, 1.165) is 28.6 Å². The third-order valence-electron chi connectivity index (χ3n) is 5.34. The molecular formula is C24H28N2O6S2. The lowest BCUT2D eigenvalue weighted by molar-refractivity contribution is -0.145. The molecule has 1 fully saturated rings. The summed E-state index contributed by atoms with van der Waals surface area (Å²) in [5.41, 5.74) is 3.33. The molecule has 2 aromatic rings.